The van der Waals surface area contributed by atoms with Crippen molar-refractivity contribution in [2.24, 2.45) is 0 Å². The fourth-order valence-corrected chi connectivity index (χ4v) is 3.31. The van der Waals surface area contributed by atoms with Gasteiger partial charge in [0.1, 0.15) is 0 Å². The number of nitrogens with zero attached hydrogens (tertiary/aromatic N) is 3. The number of thioether (sulfide) groups is 1. The van der Waals surface area contributed by atoms with Crippen molar-refractivity contribution in [3.05, 3.63) is 0 Å². The number of aliphatic carboxylic acids is 1. The average Bonchev–Trinajstić information content (AvgIpc) is 3.12. The molecule has 0 radical (unpaired) electrons. The van der Waals surface area contributed by atoms with Crippen LogP contribution in [0.25, 0.3) is 0 Å². The lowest BCUT2D eigenvalue weighted by molar-refractivity contribution is -0.133. The van der Waals surface area contributed by atoms with E-state index in [0.29, 0.717) is 4.34 Å². The van der Waals surface area contributed by atoms with Crippen molar-refractivity contribution < 1.29 is 9.90 Å². The second-order valence-electron chi connectivity index (χ2n) is 4.34. The number of carbonyl (C=O) groups is 1. The van der Waals surface area contributed by atoms with Gasteiger partial charge in [-0.1, -0.05) is 30.0 Å². The standard InChI is InChI=1S/C11H18N4O2S2/c1-2-15(8-3-4-8)6-5-12-10-13-14-11(19-10)18-7-9(16)17/h8H,2-7H2,1H3,(H,12,13)(H,16,17). The van der Waals surface area contributed by atoms with Gasteiger partial charge in [-0.05, 0) is 19.4 Å². The van der Waals surface area contributed by atoms with Crippen LogP contribution in [0, 0.1) is 0 Å². The SMILES string of the molecule is CCN(CCNc1nnc(SCC(=O)O)s1)C1CC1. The summed E-state index contributed by atoms with van der Waals surface area (Å²) in [6.45, 7) is 5.13. The van der Waals surface area contributed by atoms with Gasteiger partial charge in [-0.25, -0.2) is 0 Å². The van der Waals surface area contributed by atoms with Crippen LogP contribution in [0.1, 0.15) is 19.8 Å². The Kier molecular flexibility index (Phi) is 5.41. The summed E-state index contributed by atoms with van der Waals surface area (Å²) in [7, 11) is 0. The molecule has 0 saturated heterocycles. The van der Waals surface area contributed by atoms with Crippen LogP contribution in [-0.4, -0.2) is 57.6 Å². The minimum atomic E-state index is -0.835. The van der Waals surface area contributed by atoms with E-state index in [9.17, 15) is 4.79 Å². The summed E-state index contributed by atoms with van der Waals surface area (Å²) in [6, 6.07) is 0.780. The number of aromatic nitrogens is 2. The molecule has 1 fully saturated rings. The van der Waals surface area contributed by atoms with Crippen molar-refractivity contribution in [1.29, 1.82) is 0 Å². The summed E-state index contributed by atoms with van der Waals surface area (Å²) in [5, 5.41) is 20.5. The Balaban J connectivity index is 1.69. The number of carboxylic acids is 1. The van der Waals surface area contributed by atoms with E-state index in [-0.39, 0.29) is 5.75 Å². The minimum absolute atomic E-state index is 0.0277. The van der Waals surface area contributed by atoms with Gasteiger partial charge in [0.2, 0.25) is 5.13 Å². The molecule has 1 saturated carbocycles. The molecule has 1 aliphatic carbocycles. The van der Waals surface area contributed by atoms with Crippen molar-refractivity contribution in [3.8, 4) is 0 Å². The van der Waals surface area contributed by atoms with E-state index < -0.39 is 5.97 Å². The molecule has 1 aliphatic rings. The van der Waals surface area contributed by atoms with E-state index in [4.69, 9.17) is 5.11 Å². The first-order chi connectivity index (χ1) is 9.19. The lowest BCUT2D eigenvalue weighted by atomic mass is 10.4. The molecule has 0 atom stereocenters. The van der Waals surface area contributed by atoms with Crippen LogP contribution in [0.2, 0.25) is 0 Å². The molecule has 0 unspecified atom stereocenters. The third-order valence-electron chi connectivity index (χ3n) is 2.87. The minimum Gasteiger partial charge on any atom is -0.481 e. The van der Waals surface area contributed by atoms with E-state index in [2.05, 4.69) is 27.3 Å². The predicted octanol–water partition coefficient (Wildman–Crippen LogP) is 1.61. The summed E-state index contributed by atoms with van der Waals surface area (Å²) in [6.07, 6.45) is 2.64. The van der Waals surface area contributed by atoms with Gasteiger partial charge < -0.3 is 10.4 Å². The molecule has 8 heteroatoms. The van der Waals surface area contributed by atoms with Crippen LogP contribution in [0.15, 0.2) is 4.34 Å². The summed E-state index contributed by atoms with van der Waals surface area (Å²) >= 11 is 2.61. The van der Waals surface area contributed by atoms with Crippen LogP contribution in [0.3, 0.4) is 0 Å². The van der Waals surface area contributed by atoms with E-state index >= 15 is 0 Å². The monoisotopic (exact) mass is 302 g/mol. The van der Waals surface area contributed by atoms with Gasteiger partial charge in [0.05, 0.1) is 5.75 Å². The molecular weight excluding hydrogens is 284 g/mol. The zero-order chi connectivity index (χ0) is 13.7. The zero-order valence-corrected chi connectivity index (χ0v) is 12.5. The van der Waals surface area contributed by atoms with Crippen molar-refractivity contribution >= 4 is 34.2 Å². The van der Waals surface area contributed by atoms with Crippen LogP contribution in [-0.2, 0) is 4.79 Å². The second-order valence-corrected chi connectivity index (χ2v) is 6.54. The Bertz CT molecular complexity index is 423. The highest BCUT2D eigenvalue weighted by atomic mass is 32.2. The zero-order valence-electron chi connectivity index (χ0n) is 10.8. The molecule has 1 aromatic rings. The molecule has 2 rings (SSSR count). The first-order valence-electron chi connectivity index (χ1n) is 6.35. The Hall–Kier alpha value is -0.860. The van der Waals surface area contributed by atoms with Gasteiger partial charge in [0, 0.05) is 19.1 Å². The fraction of sp³-hybridized carbons (Fsp3) is 0.727. The number of nitrogens with one attached hydrogen (secondary N) is 1. The third kappa shape index (κ3) is 4.96. The van der Waals surface area contributed by atoms with Crippen molar-refractivity contribution in [3.63, 3.8) is 0 Å². The summed E-state index contributed by atoms with van der Waals surface area (Å²) in [5.74, 6) is -0.808. The molecule has 2 N–H and O–H groups in total. The van der Waals surface area contributed by atoms with E-state index in [1.165, 1.54) is 35.9 Å². The number of rotatable bonds is 9. The van der Waals surface area contributed by atoms with E-state index in [1.54, 1.807) is 0 Å². The highest BCUT2D eigenvalue weighted by Crippen LogP contribution is 2.27. The molecule has 1 heterocycles. The molecule has 0 aliphatic heterocycles. The first kappa shape index (κ1) is 14.5. The Morgan fingerprint density at radius 3 is 3.00 bits per heavy atom. The molecule has 19 heavy (non-hydrogen) atoms. The Labute approximate surface area is 120 Å². The van der Waals surface area contributed by atoms with E-state index in [1.807, 2.05) is 0 Å². The fourth-order valence-electron chi connectivity index (χ4n) is 1.81. The average molecular weight is 302 g/mol. The summed E-state index contributed by atoms with van der Waals surface area (Å²) in [5.41, 5.74) is 0. The van der Waals surface area contributed by atoms with Gasteiger partial charge in [-0.15, -0.1) is 10.2 Å². The van der Waals surface area contributed by atoms with Gasteiger partial charge in [-0.3, -0.25) is 9.69 Å². The topological polar surface area (TPSA) is 78.3 Å². The maximum atomic E-state index is 10.4. The predicted molar refractivity (Wildman–Crippen MR) is 77.0 cm³/mol. The lowest BCUT2D eigenvalue weighted by Crippen LogP contribution is -2.30. The lowest BCUT2D eigenvalue weighted by Gasteiger charge is -2.19. The van der Waals surface area contributed by atoms with Crippen molar-refractivity contribution in [2.75, 3.05) is 30.7 Å². The van der Waals surface area contributed by atoms with Gasteiger partial charge in [0.15, 0.2) is 4.34 Å². The number of hydrogen-bond acceptors (Lipinski definition) is 7. The largest absolute Gasteiger partial charge is 0.481 e. The number of carboxylic acid groups (broad SMARTS) is 1. The maximum absolute atomic E-state index is 10.4. The number of anilines is 1. The molecule has 106 valence electrons. The molecule has 6 nitrogen and oxygen atoms in total. The maximum Gasteiger partial charge on any atom is 0.313 e. The molecular formula is C11H18N4O2S2. The van der Waals surface area contributed by atoms with Crippen molar-refractivity contribution in [1.82, 2.24) is 15.1 Å². The third-order valence-corrected chi connectivity index (χ3v) is 4.87. The summed E-state index contributed by atoms with van der Waals surface area (Å²) in [4.78, 5) is 12.9. The van der Waals surface area contributed by atoms with Gasteiger partial charge in [0.25, 0.3) is 0 Å². The highest BCUT2D eigenvalue weighted by Gasteiger charge is 2.27. The Morgan fingerprint density at radius 2 is 2.37 bits per heavy atom. The smallest absolute Gasteiger partial charge is 0.313 e. The van der Waals surface area contributed by atoms with Gasteiger partial charge >= 0.3 is 5.97 Å². The first-order valence-corrected chi connectivity index (χ1v) is 8.15. The van der Waals surface area contributed by atoms with Crippen LogP contribution in [0.5, 0.6) is 0 Å². The second kappa shape index (κ2) is 7.06. The highest BCUT2D eigenvalue weighted by molar-refractivity contribution is 8.01. The Morgan fingerprint density at radius 1 is 1.58 bits per heavy atom. The van der Waals surface area contributed by atoms with Gasteiger partial charge in [-0.2, -0.15) is 0 Å². The summed E-state index contributed by atoms with van der Waals surface area (Å²) < 4.78 is 0.694. The van der Waals surface area contributed by atoms with E-state index in [0.717, 1.165) is 30.8 Å². The molecule has 0 spiro atoms. The quantitative estimate of drug-likeness (QED) is 0.671. The normalized spacial score (nSPS) is 14.8. The van der Waals surface area contributed by atoms with Crippen molar-refractivity contribution in [2.45, 2.75) is 30.1 Å². The molecule has 0 aromatic carbocycles. The van der Waals surface area contributed by atoms with Crippen LogP contribution in [0.4, 0.5) is 5.13 Å². The molecule has 0 bridgehead atoms. The molecule has 0 amide bonds. The molecule has 1 aromatic heterocycles. The van der Waals surface area contributed by atoms with Crippen LogP contribution < -0.4 is 5.32 Å². The number of hydrogen-bond donors (Lipinski definition) is 2. The number of likely N-dealkylation sites (N-methyl/N-ethyl adjacent to an activating group) is 1. The van der Waals surface area contributed by atoms with Crippen LogP contribution >= 0.6 is 23.1 Å².